The molecule has 0 unspecified atom stereocenters. The number of nitrogens with zero attached hydrogens (tertiary/aromatic N) is 6. The first-order valence-electron chi connectivity index (χ1n) is 11.3. The Kier molecular flexibility index (Phi) is 5.91. The molecule has 4 heterocycles. The summed E-state index contributed by atoms with van der Waals surface area (Å²) in [6, 6.07) is 8.49. The average Bonchev–Trinajstić information content (AvgIpc) is 3.27. The van der Waals surface area contributed by atoms with Crippen molar-refractivity contribution in [3.05, 3.63) is 60.7 Å². The van der Waals surface area contributed by atoms with Gasteiger partial charge in [0.1, 0.15) is 5.75 Å². The highest BCUT2D eigenvalue weighted by Crippen LogP contribution is 2.30. The maximum absolute atomic E-state index is 11.8. The van der Waals surface area contributed by atoms with Crippen molar-refractivity contribution >= 4 is 26.7 Å². The number of rotatable bonds is 6. The maximum Gasteiger partial charge on any atom is 0.225 e. The molecular formula is C24H26N6O3S. The molecule has 0 saturated carbocycles. The molecule has 1 fully saturated rings. The van der Waals surface area contributed by atoms with Gasteiger partial charge in [-0.15, -0.1) is 0 Å². The number of benzene rings is 1. The molecule has 0 radical (unpaired) electrons. The van der Waals surface area contributed by atoms with E-state index in [1.165, 1.54) is 12.3 Å². The van der Waals surface area contributed by atoms with Crippen LogP contribution >= 0.6 is 0 Å². The molecule has 1 aliphatic heterocycles. The first kappa shape index (κ1) is 22.3. The van der Waals surface area contributed by atoms with Gasteiger partial charge in [-0.3, -0.25) is 4.68 Å². The fraction of sp³-hybridized carbons (Fsp3) is 0.333. The molecule has 9 nitrogen and oxygen atoms in total. The lowest BCUT2D eigenvalue weighted by Crippen LogP contribution is -2.36. The third kappa shape index (κ3) is 4.58. The lowest BCUT2D eigenvalue weighted by atomic mass is 10.1. The van der Waals surface area contributed by atoms with Gasteiger partial charge in [-0.25, -0.2) is 23.4 Å². The average molecular weight is 479 g/mol. The number of piperidine rings is 1. The molecule has 3 aromatic heterocycles. The molecule has 1 saturated heterocycles. The quantitative estimate of drug-likeness (QED) is 0.412. The SMILES string of the molecule is CCc1cnc(N2CCC(n3ncc4cc(Oc5cccc(S(C)(=O)=O)c5)ncc43)CC2)nc1. The maximum atomic E-state index is 11.8. The van der Waals surface area contributed by atoms with Gasteiger partial charge < -0.3 is 9.64 Å². The van der Waals surface area contributed by atoms with E-state index in [1.54, 1.807) is 24.4 Å². The zero-order valence-corrected chi connectivity index (χ0v) is 19.9. The van der Waals surface area contributed by atoms with Gasteiger partial charge in [-0.2, -0.15) is 5.10 Å². The topological polar surface area (TPSA) is 103 Å². The number of fused-ring (bicyclic) bond motifs is 1. The van der Waals surface area contributed by atoms with Crippen molar-refractivity contribution in [2.24, 2.45) is 0 Å². The molecule has 0 spiro atoms. The van der Waals surface area contributed by atoms with Crippen LogP contribution in [0.4, 0.5) is 5.95 Å². The number of pyridine rings is 1. The minimum Gasteiger partial charge on any atom is -0.439 e. The number of sulfone groups is 1. The molecule has 1 aromatic carbocycles. The highest BCUT2D eigenvalue weighted by molar-refractivity contribution is 7.90. The summed E-state index contributed by atoms with van der Waals surface area (Å²) in [7, 11) is -3.31. The van der Waals surface area contributed by atoms with Crippen LogP contribution in [-0.2, 0) is 16.3 Å². The fourth-order valence-corrected chi connectivity index (χ4v) is 4.82. The Labute approximate surface area is 198 Å². The molecule has 34 heavy (non-hydrogen) atoms. The number of ether oxygens (including phenoxy) is 1. The van der Waals surface area contributed by atoms with Crippen LogP contribution in [0.25, 0.3) is 10.9 Å². The molecule has 5 rings (SSSR count). The summed E-state index contributed by atoms with van der Waals surface area (Å²) in [5.74, 6) is 1.59. The third-order valence-corrected chi connectivity index (χ3v) is 7.22. The number of hydrogen-bond donors (Lipinski definition) is 0. The van der Waals surface area contributed by atoms with E-state index >= 15 is 0 Å². The van der Waals surface area contributed by atoms with Crippen molar-refractivity contribution in [3.63, 3.8) is 0 Å². The van der Waals surface area contributed by atoms with Crippen LogP contribution in [0.1, 0.15) is 31.4 Å². The number of aromatic nitrogens is 5. The van der Waals surface area contributed by atoms with Gasteiger partial charge in [0.2, 0.25) is 11.8 Å². The van der Waals surface area contributed by atoms with Gasteiger partial charge in [0.15, 0.2) is 9.84 Å². The molecule has 1 aliphatic rings. The smallest absolute Gasteiger partial charge is 0.225 e. The minimum atomic E-state index is -3.31. The summed E-state index contributed by atoms with van der Waals surface area (Å²) in [6.07, 6.45) is 11.4. The van der Waals surface area contributed by atoms with Gasteiger partial charge in [0.05, 0.1) is 28.8 Å². The second-order valence-electron chi connectivity index (χ2n) is 8.48. The van der Waals surface area contributed by atoms with Crippen molar-refractivity contribution in [2.75, 3.05) is 24.2 Å². The van der Waals surface area contributed by atoms with E-state index in [1.807, 2.05) is 29.3 Å². The van der Waals surface area contributed by atoms with Crippen molar-refractivity contribution in [2.45, 2.75) is 37.1 Å². The van der Waals surface area contributed by atoms with Crippen molar-refractivity contribution < 1.29 is 13.2 Å². The second kappa shape index (κ2) is 9.02. The van der Waals surface area contributed by atoms with Gasteiger partial charge >= 0.3 is 0 Å². The summed E-state index contributed by atoms with van der Waals surface area (Å²) < 4.78 is 31.5. The van der Waals surface area contributed by atoms with Crippen LogP contribution in [0.3, 0.4) is 0 Å². The van der Waals surface area contributed by atoms with Crippen LogP contribution in [-0.4, -0.2) is 52.5 Å². The van der Waals surface area contributed by atoms with Gasteiger partial charge in [0.25, 0.3) is 0 Å². The van der Waals surface area contributed by atoms with Gasteiger partial charge in [-0.05, 0) is 43.0 Å². The van der Waals surface area contributed by atoms with Crippen LogP contribution in [0.2, 0.25) is 0 Å². The van der Waals surface area contributed by atoms with E-state index in [2.05, 4.69) is 31.9 Å². The van der Waals surface area contributed by atoms with Crippen molar-refractivity contribution in [1.82, 2.24) is 24.7 Å². The Hall–Kier alpha value is -3.53. The van der Waals surface area contributed by atoms with Crippen molar-refractivity contribution in [1.29, 1.82) is 0 Å². The van der Waals surface area contributed by atoms with E-state index < -0.39 is 9.84 Å². The largest absolute Gasteiger partial charge is 0.439 e. The Morgan fingerprint density at radius 2 is 1.79 bits per heavy atom. The summed E-state index contributed by atoms with van der Waals surface area (Å²) in [6.45, 7) is 3.82. The van der Waals surface area contributed by atoms with Crippen LogP contribution in [0.5, 0.6) is 11.6 Å². The lowest BCUT2D eigenvalue weighted by Gasteiger charge is -2.32. The molecule has 10 heteroatoms. The molecule has 0 aliphatic carbocycles. The molecule has 0 bridgehead atoms. The third-order valence-electron chi connectivity index (χ3n) is 6.11. The monoisotopic (exact) mass is 478 g/mol. The van der Waals surface area contributed by atoms with E-state index in [-0.39, 0.29) is 10.9 Å². The van der Waals surface area contributed by atoms with E-state index in [4.69, 9.17) is 4.74 Å². The molecule has 0 N–H and O–H groups in total. The summed E-state index contributed by atoms with van der Waals surface area (Å²) in [5, 5.41) is 5.55. The number of anilines is 1. The highest BCUT2D eigenvalue weighted by Gasteiger charge is 2.24. The number of aryl methyl sites for hydroxylation is 1. The van der Waals surface area contributed by atoms with Crippen LogP contribution in [0.15, 0.2) is 60.0 Å². The van der Waals surface area contributed by atoms with E-state index in [0.717, 1.165) is 54.8 Å². The van der Waals surface area contributed by atoms with E-state index in [9.17, 15) is 8.42 Å². The Morgan fingerprint density at radius 1 is 1.03 bits per heavy atom. The Bertz CT molecular complexity index is 1410. The number of hydrogen-bond acceptors (Lipinski definition) is 8. The summed E-state index contributed by atoms with van der Waals surface area (Å²) in [4.78, 5) is 15.9. The fourth-order valence-electron chi connectivity index (χ4n) is 4.17. The molecule has 0 atom stereocenters. The molecule has 0 amide bonds. The summed E-state index contributed by atoms with van der Waals surface area (Å²) in [5.41, 5.74) is 2.08. The minimum absolute atomic E-state index is 0.206. The van der Waals surface area contributed by atoms with Gasteiger partial charge in [-0.1, -0.05) is 13.0 Å². The standard InChI is InChI=1S/C24H26N6O3S/c1-3-17-13-26-24(27-14-17)29-9-7-19(8-10-29)30-22-16-25-23(11-18(22)15-28-30)33-20-5-4-6-21(12-20)34(2,31)32/h4-6,11-16,19H,3,7-10H2,1-2H3. The predicted molar refractivity (Wildman–Crippen MR) is 129 cm³/mol. The normalized spacial score (nSPS) is 15.1. The van der Waals surface area contributed by atoms with Crippen LogP contribution in [0, 0.1) is 0 Å². The Morgan fingerprint density at radius 3 is 2.50 bits per heavy atom. The summed E-state index contributed by atoms with van der Waals surface area (Å²) >= 11 is 0. The first-order valence-corrected chi connectivity index (χ1v) is 13.2. The molecule has 4 aromatic rings. The predicted octanol–water partition coefficient (Wildman–Crippen LogP) is 3.82. The highest BCUT2D eigenvalue weighted by atomic mass is 32.2. The molecular weight excluding hydrogens is 452 g/mol. The van der Waals surface area contributed by atoms with Gasteiger partial charge in [0, 0.05) is 43.2 Å². The lowest BCUT2D eigenvalue weighted by molar-refractivity contribution is 0.373. The first-order chi connectivity index (χ1) is 16.4. The van der Waals surface area contributed by atoms with Crippen molar-refractivity contribution in [3.8, 4) is 11.6 Å². The molecule has 176 valence electrons. The zero-order chi connectivity index (χ0) is 23.7. The zero-order valence-electron chi connectivity index (χ0n) is 19.1. The van der Waals surface area contributed by atoms with E-state index in [0.29, 0.717) is 11.6 Å². The van der Waals surface area contributed by atoms with Crippen LogP contribution < -0.4 is 9.64 Å². The Balaban J connectivity index is 1.29. The second-order valence-corrected chi connectivity index (χ2v) is 10.5.